The first-order valence-corrected chi connectivity index (χ1v) is 7.99. The van der Waals surface area contributed by atoms with Crippen LogP contribution in [0.1, 0.15) is 62.4 Å². The summed E-state index contributed by atoms with van der Waals surface area (Å²) >= 11 is 0. The molecule has 0 saturated carbocycles. The van der Waals surface area contributed by atoms with Crippen molar-refractivity contribution in [3.63, 3.8) is 0 Å². The van der Waals surface area contributed by atoms with Crippen molar-refractivity contribution >= 4 is 5.97 Å². The van der Waals surface area contributed by atoms with Crippen molar-refractivity contribution in [3.05, 3.63) is 35.4 Å². The minimum atomic E-state index is -0.443. The molecule has 2 rings (SSSR count). The lowest BCUT2D eigenvalue weighted by atomic mass is 10.1. The quantitative estimate of drug-likeness (QED) is 0.787. The summed E-state index contributed by atoms with van der Waals surface area (Å²) in [5, 5.41) is 0. The molecule has 1 fully saturated rings. The Balaban J connectivity index is 1.93. The van der Waals surface area contributed by atoms with Crippen LogP contribution >= 0.6 is 0 Å². The fourth-order valence-corrected chi connectivity index (χ4v) is 2.64. The van der Waals surface area contributed by atoms with Crippen molar-refractivity contribution in [2.45, 2.75) is 58.6 Å². The summed E-state index contributed by atoms with van der Waals surface area (Å²) in [6.45, 7) is 9.02. The molecule has 0 aromatic heterocycles. The Bertz CT molecular complexity index is 451. The lowest BCUT2D eigenvalue weighted by Crippen LogP contribution is -2.24. The summed E-state index contributed by atoms with van der Waals surface area (Å²) in [5.41, 5.74) is 1.45. The van der Waals surface area contributed by atoms with Crippen molar-refractivity contribution in [2.75, 3.05) is 13.1 Å². The molecule has 3 heteroatoms. The molecule has 1 saturated heterocycles. The Morgan fingerprint density at radius 3 is 2.14 bits per heavy atom. The van der Waals surface area contributed by atoms with E-state index in [4.69, 9.17) is 4.74 Å². The summed E-state index contributed by atoms with van der Waals surface area (Å²) in [6.07, 6.45) is 5.31. The number of esters is 1. The fraction of sp³-hybridized carbons (Fsp3) is 0.611. The van der Waals surface area contributed by atoms with Gasteiger partial charge in [0, 0.05) is 6.54 Å². The first-order chi connectivity index (χ1) is 9.94. The van der Waals surface area contributed by atoms with E-state index in [9.17, 15) is 4.79 Å². The molecule has 0 spiro atoms. The summed E-state index contributed by atoms with van der Waals surface area (Å²) < 4.78 is 5.38. The van der Waals surface area contributed by atoms with Crippen molar-refractivity contribution in [2.24, 2.45) is 0 Å². The van der Waals surface area contributed by atoms with Gasteiger partial charge in [-0.3, -0.25) is 4.90 Å². The van der Waals surface area contributed by atoms with Crippen LogP contribution in [0, 0.1) is 0 Å². The van der Waals surface area contributed by atoms with Gasteiger partial charge in [-0.2, -0.15) is 0 Å². The third-order valence-corrected chi connectivity index (χ3v) is 3.69. The Morgan fingerprint density at radius 1 is 1.05 bits per heavy atom. The number of hydrogen-bond donors (Lipinski definition) is 0. The normalized spacial score (nSPS) is 17.3. The first-order valence-electron chi connectivity index (χ1n) is 7.99. The van der Waals surface area contributed by atoms with Gasteiger partial charge >= 0.3 is 5.97 Å². The maximum absolute atomic E-state index is 12.0. The molecule has 0 N–H and O–H groups in total. The van der Waals surface area contributed by atoms with Crippen molar-refractivity contribution in [1.29, 1.82) is 0 Å². The van der Waals surface area contributed by atoms with Gasteiger partial charge in [0.1, 0.15) is 5.60 Å². The van der Waals surface area contributed by atoms with E-state index in [1.807, 2.05) is 45.0 Å². The molecule has 0 unspecified atom stereocenters. The predicted molar refractivity (Wildman–Crippen MR) is 85.4 cm³/mol. The van der Waals surface area contributed by atoms with Crippen LogP contribution in [0.15, 0.2) is 24.3 Å². The molecule has 116 valence electrons. The van der Waals surface area contributed by atoms with Crippen LogP contribution in [0.4, 0.5) is 0 Å². The predicted octanol–water partition coefficient (Wildman–Crippen LogP) is 4.02. The molecular weight excluding hydrogens is 262 g/mol. The zero-order chi connectivity index (χ0) is 15.3. The van der Waals surface area contributed by atoms with Crippen LogP contribution < -0.4 is 0 Å². The topological polar surface area (TPSA) is 29.5 Å². The lowest BCUT2D eigenvalue weighted by molar-refractivity contribution is 0.00695. The van der Waals surface area contributed by atoms with Crippen LogP contribution in [0.25, 0.3) is 0 Å². The van der Waals surface area contributed by atoms with Crippen molar-refractivity contribution in [1.82, 2.24) is 4.90 Å². The molecule has 3 nitrogen and oxygen atoms in total. The Morgan fingerprint density at radius 2 is 1.62 bits per heavy atom. The molecular formula is C18H27NO2. The van der Waals surface area contributed by atoms with Gasteiger partial charge in [-0.25, -0.2) is 4.79 Å². The van der Waals surface area contributed by atoms with Gasteiger partial charge < -0.3 is 4.74 Å². The molecule has 1 aliphatic heterocycles. The van der Waals surface area contributed by atoms with Crippen molar-refractivity contribution in [3.8, 4) is 0 Å². The van der Waals surface area contributed by atoms with E-state index in [1.54, 1.807) is 0 Å². The summed E-state index contributed by atoms with van der Waals surface area (Å²) in [4.78, 5) is 14.5. The largest absolute Gasteiger partial charge is 0.456 e. The summed E-state index contributed by atoms with van der Waals surface area (Å²) in [6, 6.07) is 7.84. The molecule has 1 aromatic rings. The Hall–Kier alpha value is -1.35. The average molecular weight is 289 g/mol. The number of carbonyl (C=O) groups excluding carboxylic acids is 1. The molecule has 1 aromatic carbocycles. The lowest BCUT2D eigenvalue weighted by Gasteiger charge is -2.21. The SMILES string of the molecule is CC(C)(C)OC(=O)c1ccc(CN2CCCCCC2)cc1. The molecule has 0 aliphatic carbocycles. The number of hydrogen-bond acceptors (Lipinski definition) is 3. The van der Waals surface area contributed by atoms with Gasteiger partial charge in [-0.05, 0) is 64.4 Å². The van der Waals surface area contributed by atoms with E-state index in [0.717, 1.165) is 6.54 Å². The number of likely N-dealkylation sites (tertiary alicyclic amines) is 1. The highest BCUT2D eigenvalue weighted by Gasteiger charge is 2.17. The Kier molecular flexibility index (Phi) is 5.40. The Labute approximate surface area is 128 Å². The van der Waals surface area contributed by atoms with Crippen molar-refractivity contribution < 1.29 is 9.53 Å². The second-order valence-electron chi connectivity index (χ2n) is 6.89. The molecule has 0 amide bonds. The molecule has 1 heterocycles. The molecule has 21 heavy (non-hydrogen) atoms. The number of carbonyl (C=O) groups is 1. The number of ether oxygens (including phenoxy) is 1. The smallest absolute Gasteiger partial charge is 0.338 e. The second kappa shape index (κ2) is 7.08. The van der Waals surface area contributed by atoms with E-state index in [0.29, 0.717) is 5.56 Å². The zero-order valence-corrected chi connectivity index (χ0v) is 13.5. The highest BCUT2D eigenvalue weighted by Crippen LogP contribution is 2.16. The standard InChI is InChI=1S/C18H27NO2/c1-18(2,3)21-17(20)16-10-8-15(9-11-16)14-19-12-6-4-5-7-13-19/h8-11H,4-7,12-14H2,1-3H3. The monoisotopic (exact) mass is 289 g/mol. The van der Waals surface area contributed by atoms with Crippen LogP contribution in [0.2, 0.25) is 0 Å². The minimum absolute atomic E-state index is 0.246. The average Bonchev–Trinajstić information content (AvgIpc) is 2.66. The van der Waals surface area contributed by atoms with Gasteiger partial charge in [0.25, 0.3) is 0 Å². The van der Waals surface area contributed by atoms with E-state index >= 15 is 0 Å². The maximum atomic E-state index is 12.0. The zero-order valence-electron chi connectivity index (χ0n) is 13.5. The molecule has 0 bridgehead atoms. The van der Waals surface area contributed by atoms with Crippen LogP contribution in [-0.4, -0.2) is 29.6 Å². The van der Waals surface area contributed by atoms with Crippen LogP contribution in [0.3, 0.4) is 0 Å². The van der Waals surface area contributed by atoms with Crippen LogP contribution in [-0.2, 0) is 11.3 Å². The second-order valence-corrected chi connectivity index (χ2v) is 6.89. The molecule has 0 radical (unpaired) electrons. The number of nitrogens with zero attached hydrogens (tertiary/aromatic N) is 1. The van der Waals surface area contributed by atoms with Gasteiger partial charge in [0.2, 0.25) is 0 Å². The van der Waals surface area contributed by atoms with E-state index < -0.39 is 5.60 Å². The highest BCUT2D eigenvalue weighted by molar-refractivity contribution is 5.89. The summed E-state index contributed by atoms with van der Waals surface area (Å²) in [5.74, 6) is -0.246. The highest BCUT2D eigenvalue weighted by atomic mass is 16.6. The van der Waals surface area contributed by atoms with Gasteiger partial charge in [-0.1, -0.05) is 25.0 Å². The third kappa shape index (κ3) is 5.50. The van der Waals surface area contributed by atoms with E-state index in [2.05, 4.69) is 4.90 Å². The van der Waals surface area contributed by atoms with Gasteiger partial charge in [0.05, 0.1) is 5.56 Å². The molecule has 1 aliphatic rings. The van der Waals surface area contributed by atoms with Gasteiger partial charge in [0.15, 0.2) is 0 Å². The number of rotatable bonds is 3. The van der Waals surface area contributed by atoms with E-state index in [1.165, 1.54) is 44.3 Å². The van der Waals surface area contributed by atoms with Gasteiger partial charge in [-0.15, -0.1) is 0 Å². The summed E-state index contributed by atoms with van der Waals surface area (Å²) in [7, 11) is 0. The minimum Gasteiger partial charge on any atom is -0.456 e. The fourth-order valence-electron chi connectivity index (χ4n) is 2.64. The third-order valence-electron chi connectivity index (χ3n) is 3.69. The first kappa shape index (κ1) is 16.0. The van der Waals surface area contributed by atoms with E-state index in [-0.39, 0.29) is 5.97 Å². The number of benzene rings is 1. The molecule has 0 atom stereocenters. The van der Waals surface area contributed by atoms with Crippen LogP contribution in [0.5, 0.6) is 0 Å². The maximum Gasteiger partial charge on any atom is 0.338 e.